The quantitative estimate of drug-likeness (QED) is 0.741. The Balaban J connectivity index is 2.01. The van der Waals surface area contributed by atoms with Crippen LogP contribution in [0.15, 0.2) is 54.7 Å². The van der Waals surface area contributed by atoms with E-state index in [-0.39, 0.29) is 0 Å². The van der Waals surface area contributed by atoms with Gasteiger partial charge in [0.2, 0.25) is 0 Å². The molecule has 110 valence electrons. The Labute approximate surface area is 134 Å². The molecule has 0 amide bonds. The summed E-state index contributed by atoms with van der Waals surface area (Å²) in [5, 5.41) is 19.2. The van der Waals surface area contributed by atoms with E-state index >= 15 is 0 Å². The Morgan fingerprint density at radius 1 is 1.00 bits per heavy atom. The molecule has 2 aromatic carbocycles. The van der Waals surface area contributed by atoms with Crippen LogP contribution in [0.5, 0.6) is 0 Å². The third-order valence-electron chi connectivity index (χ3n) is 3.75. The van der Waals surface area contributed by atoms with Gasteiger partial charge in [-0.2, -0.15) is 10.5 Å². The van der Waals surface area contributed by atoms with Crippen molar-refractivity contribution in [3.8, 4) is 12.1 Å². The van der Waals surface area contributed by atoms with E-state index in [1.807, 2.05) is 48.3 Å². The summed E-state index contributed by atoms with van der Waals surface area (Å²) in [6.07, 6.45) is 1.62. The van der Waals surface area contributed by atoms with Gasteiger partial charge < -0.3 is 4.90 Å². The minimum absolute atomic E-state index is 0.555. The first-order valence-electron chi connectivity index (χ1n) is 7.21. The van der Waals surface area contributed by atoms with Crippen LogP contribution in [0, 0.1) is 22.7 Å². The van der Waals surface area contributed by atoms with Crippen molar-refractivity contribution < 1.29 is 0 Å². The van der Waals surface area contributed by atoms with Crippen LogP contribution in [-0.2, 0) is 6.54 Å². The zero-order valence-corrected chi connectivity index (χ0v) is 12.7. The number of nitriles is 2. The average Bonchev–Trinajstić information content (AvgIpc) is 2.61. The third-order valence-corrected chi connectivity index (χ3v) is 3.75. The predicted octanol–water partition coefficient (Wildman–Crippen LogP) is 3.61. The van der Waals surface area contributed by atoms with Gasteiger partial charge in [-0.1, -0.05) is 30.3 Å². The maximum Gasteiger partial charge on any atom is 0.103 e. The fourth-order valence-corrected chi connectivity index (χ4v) is 2.66. The summed E-state index contributed by atoms with van der Waals surface area (Å²) in [6.45, 7) is 0.647. The summed E-state index contributed by atoms with van der Waals surface area (Å²) in [5.41, 5.74) is 4.02. The number of para-hydroxylation sites is 1. The summed E-state index contributed by atoms with van der Waals surface area (Å²) in [7, 11) is 1.96. The Morgan fingerprint density at radius 3 is 2.43 bits per heavy atom. The van der Waals surface area contributed by atoms with Gasteiger partial charge >= 0.3 is 0 Å². The number of fused-ring (bicyclic) bond motifs is 1. The van der Waals surface area contributed by atoms with E-state index in [9.17, 15) is 5.26 Å². The topological polar surface area (TPSA) is 63.7 Å². The van der Waals surface area contributed by atoms with Crippen molar-refractivity contribution in [2.24, 2.45) is 0 Å². The molecule has 0 N–H and O–H groups in total. The highest BCUT2D eigenvalue weighted by Crippen LogP contribution is 2.29. The zero-order chi connectivity index (χ0) is 16.2. The molecule has 0 saturated heterocycles. The molecule has 0 spiro atoms. The predicted molar refractivity (Wildman–Crippen MR) is 89.7 cm³/mol. The second-order valence-electron chi connectivity index (χ2n) is 5.31. The fraction of sp³-hybridized carbons (Fsp3) is 0.105. The highest BCUT2D eigenvalue weighted by atomic mass is 15.1. The molecule has 0 aliphatic carbocycles. The lowest BCUT2D eigenvalue weighted by Gasteiger charge is -2.22. The summed E-state index contributed by atoms with van der Waals surface area (Å²) < 4.78 is 0. The molecule has 0 radical (unpaired) electrons. The lowest BCUT2D eigenvalue weighted by Crippen LogP contribution is -2.18. The van der Waals surface area contributed by atoms with Gasteiger partial charge in [0.05, 0.1) is 28.4 Å². The third kappa shape index (κ3) is 2.84. The number of rotatable bonds is 3. The second kappa shape index (κ2) is 6.17. The van der Waals surface area contributed by atoms with E-state index < -0.39 is 0 Å². The van der Waals surface area contributed by atoms with Gasteiger partial charge in [0.1, 0.15) is 6.07 Å². The van der Waals surface area contributed by atoms with Crippen LogP contribution < -0.4 is 4.90 Å². The van der Waals surface area contributed by atoms with Crippen molar-refractivity contribution in [3.63, 3.8) is 0 Å². The number of nitrogens with zero attached hydrogens (tertiary/aromatic N) is 4. The van der Waals surface area contributed by atoms with Crippen molar-refractivity contribution in [1.82, 2.24) is 4.98 Å². The van der Waals surface area contributed by atoms with Crippen molar-refractivity contribution in [2.75, 3.05) is 11.9 Å². The van der Waals surface area contributed by atoms with Gasteiger partial charge in [-0.15, -0.1) is 0 Å². The SMILES string of the molecule is CN(Cc1ccc(C#N)cc1)c1c(C#N)cnc2ccccc12. The minimum Gasteiger partial charge on any atom is -0.369 e. The number of pyridine rings is 1. The van der Waals surface area contributed by atoms with Crippen LogP contribution in [0.3, 0.4) is 0 Å². The van der Waals surface area contributed by atoms with Gasteiger partial charge in [-0.25, -0.2) is 0 Å². The van der Waals surface area contributed by atoms with E-state index in [1.165, 1.54) is 0 Å². The first-order valence-corrected chi connectivity index (χ1v) is 7.21. The number of hydrogen-bond donors (Lipinski definition) is 0. The molecule has 0 aliphatic rings. The largest absolute Gasteiger partial charge is 0.369 e. The monoisotopic (exact) mass is 298 g/mol. The highest BCUT2D eigenvalue weighted by molar-refractivity contribution is 5.94. The van der Waals surface area contributed by atoms with Crippen LogP contribution >= 0.6 is 0 Å². The number of aromatic nitrogens is 1. The maximum atomic E-state index is 9.41. The Kier molecular flexibility index (Phi) is 3.91. The molecular formula is C19H14N4. The zero-order valence-electron chi connectivity index (χ0n) is 12.7. The number of anilines is 1. The average molecular weight is 298 g/mol. The molecule has 3 rings (SSSR count). The van der Waals surface area contributed by atoms with E-state index in [0.717, 1.165) is 22.2 Å². The lowest BCUT2D eigenvalue weighted by atomic mass is 10.1. The molecule has 4 nitrogen and oxygen atoms in total. The summed E-state index contributed by atoms with van der Waals surface area (Å²) in [5.74, 6) is 0. The van der Waals surface area contributed by atoms with Crippen LogP contribution in [-0.4, -0.2) is 12.0 Å². The molecule has 0 atom stereocenters. The molecule has 1 heterocycles. The molecule has 1 aromatic heterocycles. The Bertz CT molecular complexity index is 930. The fourth-order valence-electron chi connectivity index (χ4n) is 2.66. The molecular weight excluding hydrogens is 284 g/mol. The van der Waals surface area contributed by atoms with E-state index in [0.29, 0.717) is 17.7 Å². The molecule has 0 aliphatic heterocycles. The highest BCUT2D eigenvalue weighted by Gasteiger charge is 2.13. The van der Waals surface area contributed by atoms with Crippen LogP contribution in [0.1, 0.15) is 16.7 Å². The van der Waals surface area contributed by atoms with Gasteiger partial charge in [0.15, 0.2) is 0 Å². The number of benzene rings is 2. The molecule has 4 heteroatoms. The molecule has 0 saturated carbocycles. The van der Waals surface area contributed by atoms with Crippen LogP contribution in [0.2, 0.25) is 0 Å². The van der Waals surface area contributed by atoms with E-state index in [4.69, 9.17) is 5.26 Å². The first-order chi connectivity index (χ1) is 11.2. The van der Waals surface area contributed by atoms with Crippen LogP contribution in [0.25, 0.3) is 10.9 Å². The van der Waals surface area contributed by atoms with E-state index in [2.05, 4.69) is 17.1 Å². The van der Waals surface area contributed by atoms with Gasteiger partial charge in [0, 0.05) is 25.2 Å². The summed E-state index contributed by atoms with van der Waals surface area (Å²) in [4.78, 5) is 6.39. The Hall–Kier alpha value is -3.37. The van der Waals surface area contributed by atoms with Crippen LogP contribution in [0.4, 0.5) is 5.69 Å². The molecule has 0 bridgehead atoms. The smallest absolute Gasteiger partial charge is 0.103 e. The first kappa shape index (κ1) is 14.6. The van der Waals surface area contributed by atoms with Crippen molar-refractivity contribution in [1.29, 1.82) is 10.5 Å². The summed E-state index contributed by atoms with van der Waals surface area (Å²) >= 11 is 0. The van der Waals surface area contributed by atoms with Gasteiger partial charge in [-0.3, -0.25) is 4.98 Å². The maximum absolute atomic E-state index is 9.41. The lowest BCUT2D eigenvalue weighted by molar-refractivity contribution is 0.924. The van der Waals surface area contributed by atoms with Crippen molar-refractivity contribution in [3.05, 3.63) is 71.4 Å². The summed E-state index contributed by atoms with van der Waals surface area (Å²) in [6, 6.07) is 19.6. The van der Waals surface area contributed by atoms with Crippen molar-refractivity contribution >= 4 is 16.6 Å². The minimum atomic E-state index is 0.555. The number of hydrogen-bond acceptors (Lipinski definition) is 4. The molecule has 23 heavy (non-hydrogen) atoms. The molecule has 0 fully saturated rings. The molecule has 0 unspecified atom stereocenters. The standard InChI is InChI=1S/C19H14N4/c1-23(13-15-8-6-14(10-20)7-9-15)19-16(11-21)12-22-18-5-3-2-4-17(18)19/h2-9,12H,13H2,1H3. The van der Waals surface area contributed by atoms with Gasteiger partial charge in [0.25, 0.3) is 0 Å². The second-order valence-corrected chi connectivity index (χ2v) is 5.31. The molecule has 3 aromatic rings. The van der Waals surface area contributed by atoms with E-state index in [1.54, 1.807) is 18.3 Å². The Morgan fingerprint density at radius 2 is 1.74 bits per heavy atom. The normalized spacial score (nSPS) is 10.0. The van der Waals surface area contributed by atoms with Crippen molar-refractivity contribution in [2.45, 2.75) is 6.54 Å². The van der Waals surface area contributed by atoms with Gasteiger partial charge in [-0.05, 0) is 23.8 Å².